The molecule has 6 fully saturated rings. The predicted octanol–water partition coefficient (Wildman–Crippen LogP) is 4.04. The molecule has 0 bridgehead atoms. The van der Waals surface area contributed by atoms with Gasteiger partial charge in [-0.3, -0.25) is 24.1 Å². The number of halogens is 1. The first-order valence-corrected chi connectivity index (χ1v) is 30.6. The fourth-order valence-corrected chi connectivity index (χ4v) is 16.7. The molecule has 2 unspecified atom stereocenters. The Balaban J connectivity index is 1.17. The van der Waals surface area contributed by atoms with Gasteiger partial charge in [-0.15, -0.1) is 0 Å². The van der Waals surface area contributed by atoms with E-state index in [0.29, 0.717) is 31.3 Å². The first-order chi connectivity index (χ1) is 38.4. The molecule has 0 spiro atoms. The minimum absolute atomic E-state index is 0.0144. The first-order valence-electron chi connectivity index (χ1n) is 30.6. The number of cyclic esters (lactones) is 1. The number of alkyl halides is 1. The number of carbonyl (C=O) groups excluding carboxylic acids is 4. The molecule has 20 nitrogen and oxygen atoms in total. The number of aliphatic hydroxyl groups is 7. The highest BCUT2D eigenvalue weighted by Gasteiger charge is 2.76. The molecule has 0 aromatic rings. The largest absolute Gasteiger partial charge is 0.459 e. The number of hydrogen-bond acceptors (Lipinski definition) is 18. The first kappa shape index (κ1) is 67.5. The number of aliphatic hydroxyl groups excluding tert-OH is 4. The summed E-state index contributed by atoms with van der Waals surface area (Å²) in [4.78, 5) is 57.9. The zero-order chi connectivity index (χ0) is 62.1. The predicted molar refractivity (Wildman–Crippen MR) is 303 cm³/mol. The summed E-state index contributed by atoms with van der Waals surface area (Å²) in [6.07, 6.45) is -6.93. The van der Waals surface area contributed by atoms with Crippen LogP contribution in [0.2, 0.25) is 0 Å². The van der Waals surface area contributed by atoms with Crippen LogP contribution in [0.1, 0.15) is 155 Å². The number of hydrogen-bond donors (Lipinski definition) is 8. The van der Waals surface area contributed by atoms with E-state index in [4.69, 9.17) is 28.4 Å². The Morgan fingerprint density at radius 2 is 1.57 bits per heavy atom. The lowest BCUT2D eigenvalue weighted by molar-refractivity contribution is -0.317. The fraction of sp³-hybridized carbons (Fsp3) is 0.871. The zero-order valence-electron chi connectivity index (χ0n) is 52.2. The normalized spacial score (nSPS) is 49.3. The van der Waals surface area contributed by atoms with E-state index < -0.39 is 166 Å². The molecule has 8 N–H and O–H groups in total. The number of methoxy groups -OCH3 is 1. The maximum atomic E-state index is 17.9. The van der Waals surface area contributed by atoms with Crippen molar-refractivity contribution >= 4 is 23.6 Å². The minimum atomic E-state index is -2.14. The number of likely N-dealkylation sites (N-methyl/N-ethyl adjacent to an activating group) is 1. The second-order valence-corrected chi connectivity index (χ2v) is 27.7. The second-order valence-electron chi connectivity index (χ2n) is 27.7. The molecule has 26 atom stereocenters. The molecule has 0 aromatic carbocycles. The summed E-state index contributed by atoms with van der Waals surface area (Å²) >= 11 is 0. The molecule has 7 rings (SSSR count). The molecule has 21 heteroatoms. The summed E-state index contributed by atoms with van der Waals surface area (Å²) < 4.78 is 56.1. The third-order valence-electron chi connectivity index (χ3n) is 21.8. The fourth-order valence-electron chi connectivity index (χ4n) is 16.7. The van der Waals surface area contributed by atoms with Crippen molar-refractivity contribution < 1.29 is 87.7 Å². The summed E-state index contributed by atoms with van der Waals surface area (Å²) in [6, 6.07) is -1.56. The van der Waals surface area contributed by atoms with Gasteiger partial charge in [0, 0.05) is 75.8 Å². The van der Waals surface area contributed by atoms with Crippen LogP contribution in [0.25, 0.3) is 0 Å². The van der Waals surface area contributed by atoms with E-state index in [-0.39, 0.29) is 63.4 Å². The number of amides is 2. The van der Waals surface area contributed by atoms with Crippen LogP contribution in [0.5, 0.6) is 0 Å². The highest BCUT2D eigenvalue weighted by molar-refractivity contribution is 6.01. The van der Waals surface area contributed by atoms with Crippen molar-refractivity contribution in [3.63, 3.8) is 0 Å². The molecule has 474 valence electrons. The summed E-state index contributed by atoms with van der Waals surface area (Å²) in [5.74, 6) is -6.28. The molecule has 3 aliphatic heterocycles. The highest BCUT2D eigenvalue weighted by Crippen LogP contribution is 2.70. The highest BCUT2D eigenvalue weighted by atomic mass is 19.1. The van der Waals surface area contributed by atoms with E-state index in [1.165, 1.54) is 38.0 Å². The van der Waals surface area contributed by atoms with E-state index >= 15 is 4.39 Å². The molecule has 83 heavy (non-hydrogen) atoms. The van der Waals surface area contributed by atoms with Gasteiger partial charge in [-0.25, -0.2) is 4.39 Å². The third kappa shape index (κ3) is 12.1. The maximum Gasteiger partial charge on any atom is 0.311 e. The monoisotopic (exact) mass is 1180 g/mol. The van der Waals surface area contributed by atoms with Crippen molar-refractivity contribution in [2.24, 2.45) is 46.3 Å². The molecule has 3 saturated carbocycles. The van der Waals surface area contributed by atoms with Gasteiger partial charge in [-0.1, -0.05) is 46.3 Å². The van der Waals surface area contributed by atoms with Crippen LogP contribution in [-0.2, 0) is 47.6 Å². The minimum Gasteiger partial charge on any atom is -0.459 e. The average Bonchev–Trinajstić information content (AvgIpc) is 1.69. The van der Waals surface area contributed by atoms with Crippen molar-refractivity contribution in [3.8, 4) is 0 Å². The van der Waals surface area contributed by atoms with Crippen LogP contribution in [0.4, 0.5) is 4.39 Å². The van der Waals surface area contributed by atoms with Gasteiger partial charge < -0.3 is 74.4 Å². The van der Waals surface area contributed by atoms with E-state index in [0.717, 1.165) is 0 Å². The standard InChI is InChI=1S/C62H102FN3O17/c1-17-46-60(14,76)50(71)37(7)66(24-18-23-64-55(74)62(77)33(3)25-43-42-20-19-40-27-41(68)21-22-56(40,10)61(42,63)45(69)29-57(43,62)11)31-32(2)28-58(12,75)52(83-54-48(70)44(26-34(4)79-54)65(15)39(9)67)35(5)49(36(6)53(73)81-46)82-47-30-59(13,78-16)51(72)38(8)80-47/h21-22,27,32-38,42-52,54,69-72,75-77H,17-20,23-26,28-31H2,1-16H3,(H,64,74)/t32-,33-,34-,35+,36-,37-,38+,42?,43?,44+,45+,46-,47+,48-,49+,50-,51+,52-,54+,56+,57+,58-,59-,60-,61+,62+/m1/s1. The van der Waals surface area contributed by atoms with Gasteiger partial charge in [0.2, 0.25) is 5.91 Å². The molecule has 3 heterocycles. The van der Waals surface area contributed by atoms with Gasteiger partial charge in [0.1, 0.15) is 30.0 Å². The number of ether oxygens (including phenoxy) is 6. The zero-order valence-corrected chi connectivity index (χ0v) is 52.2. The van der Waals surface area contributed by atoms with E-state index in [1.807, 2.05) is 11.8 Å². The number of rotatable bonds is 12. The summed E-state index contributed by atoms with van der Waals surface area (Å²) in [7, 11) is 3.05. The Morgan fingerprint density at radius 3 is 2.19 bits per heavy atom. The number of allylic oxidation sites excluding steroid dienone is 4. The molecule has 3 saturated heterocycles. The van der Waals surface area contributed by atoms with Crippen LogP contribution < -0.4 is 5.32 Å². The van der Waals surface area contributed by atoms with Crippen molar-refractivity contribution in [2.75, 3.05) is 33.8 Å². The van der Waals surface area contributed by atoms with Crippen LogP contribution in [0.3, 0.4) is 0 Å². The Kier molecular flexibility index (Phi) is 20.2. The van der Waals surface area contributed by atoms with Gasteiger partial charge in [0.05, 0.1) is 53.7 Å². The Labute approximate surface area is 491 Å². The number of esters is 1. The summed E-state index contributed by atoms with van der Waals surface area (Å²) in [5.41, 5.74) is -10.9. The molecular weight excluding hydrogens is 1080 g/mol. The third-order valence-corrected chi connectivity index (χ3v) is 21.8. The topological polar surface area (TPSA) is 284 Å². The number of carbonyl (C=O) groups is 4. The lowest BCUT2D eigenvalue weighted by Gasteiger charge is -2.62. The Morgan fingerprint density at radius 1 is 0.904 bits per heavy atom. The molecule has 2 amide bonds. The average molecular weight is 1180 g/mol. The smallest absolute Gasteiger partial charge is 0.311 e. The van der Waals surface area contributed by atoms with Gasteiger partial charge in [-0.05, 0) is 137 Å². The number of nitrogens with zero attached hydrogens (tertiary/aromatic N) is 2. The van der Waals surface area contributed by atoms with E-state index in [9.17, 15) is 54.9 Å². The van der Waals surface area contributed by atoms with Crippen molar-refractivity contribution in [1.82, 2.24) is 15.1 Å². The summed E-state index contributed by atoms with van der Waals surface area (Å²) in [5, 5.41) is 88.6. The lowest BCUT2D eigenvalue weighted by Crippen LogP contribution is -2.70. The van der Waals surface area contributed by atoms with E-state index in [1.54, 1.807) is 89.3 Å². The summed E-state index contributed by atoms with van der Waals surface area (Å²) in [6.45, 7) is 24.0. The second kappa shape index (κ2) is 24.9. The Hall–Kier alpha value is -3.03. The van der Waals surface area contributed by atoms with Crippen molar-refractivity contribution in [1.29, 1.82) is 0 Å². The van der Waals surface area contributed by atoms with Crippen molar-refractivity contribution in [2.45, 2.75) is 262 Å². The van der Waals surface area contributed by atoms with E-state index in [2.05, 4.69) is 5.32 Å². The Bertz CT molecular complexity index is 2410. The quantitative estimate of drug-likeness (QED) is 0.101. The van der Waals surface area contributed by atoms with Crippen LogP contribution in [0, 0.1) is 46.3 Å². The number of nitrogens with one attached hydrogen (secondary N) is 1. The van der Waals surface area contributed by atoms with Gasteiger partial charge in [0.15, 0.2) is 29.6 Å². The molecule has 4 aliphatic carbocycles. The van der Waals surface area contributed by atoms with Gasteiger partial charge in [0.25, 0.3) is 5.91 Å². The number of ketones is 1. The van der Waals surface area contributed by atoms with Crippen LogP contribution >= 0.6 is 0 Å². The molecule has 0 aromatic heterocycles. The maximum absolute atomic E-state index is 17.9. The van der Waals surface area contributed by atoms with Gasteiger partial charge in [-0.2, -0.15) is 0 Å². The van der Waals surface area contributed by atoms with Gasteiger partial charge >= 0.3 is 5.97 Å². The van der Waals surface area contributed by atoms with Crippen molar-refractivity contribution in [3.05, 3.63) is 23.8 Å². The molecule has 0 radical (unpaired) electrons. The molecular formula is C62H102FN3O17. The van der Waals surface area contributed by atoms with Crippen LogP contribution in [-0.4, -0.2) is 211 Å². The SMILES string of the molecule is CC[C@H]1OC(=O)[C@H](C)[C@@H](O[C@H]2C[C@@](C)(OC)[C@@H](O)[C@H](C)O2)[C@H](C)[C@@H](O[C@@H]2O[C@H](C)C[C@H](N(C)C(C)=O)[C@H]2O)[C@](C)(O)C[C@@H](C)CN(CCCNC(=O)[C@@]2(O)[C@H](C)CC3C4CCC5=CC(=O)C=C[C@]5(C)[C@@]4(F)[C@@H](O)C[C@@]32C)[C@H](C)[C@@H](O)[C@]1(C)O. The lowest BCUT2D eigenvalue weighted by atomic mass is 9.44. The van der Waals surface area contributed by atoms with Crippen LogP contribution in [0.15, 0.2) is 23.8 Å². The number of fused-ring (bicyclic) bond motifs is 5. The molecule has 7 aliphatic rings.